The van der Waals surface area contributed by atoms with Gasteiger partial charge >= 0.3 is 0 Å². The molecule has 18 heavy (non-hydrogen) atoms. The van der Waals surface area contributed by atoms with E-state index < -0.39 is 0 Å². The molecule has 0 bridgehead atoms. The number of aromatic nitrogens is 1. The monoisotopic (exact) mass is 263 g/mol. The molecule has 0 fully saturated rings. The highest BCUT2D eigenvalue weighted by molar-refractivity contribution is 6.37. The number of anilines is 2. The van der Waals surface area contributed by atoms with Crippen LogP contribution in [0.5, 0.6) is 0 Å². The Kier molecular flexibility index (Phi) is 3.62. The van der Waals surface area contributed by atoms with Crippen LogP contribution in [0, 0.1) is 0 Å². The molecule has 0 atom stereocenters. The van der Waals surface area contributed by atoms with Crippen molar-refractivity contribution in [3.63, 3.8) is 0 Å². The van der Waals surface area contributed by atoms with Crippen molar-refractivity contribution in [3.05, 3.63) is 29.4 Å². The van der Waals surface area contributed by atoms with Gasteiger partial charge in [-0.1, -0.05) is 23.7 Å². The van der Waals surface area contributed by atoms with Crippen molar-refractivity contribution in [2.24, 2.45) is 0 Å². The Morgan fingerprint density at radius 2 is 2.00 bits per heavy atom. The van der Waals surface area contributed by atoms with E-state index in [1.807, 2.05) is 37.3 Å². The van der Waals surface area contributed by atoms with Crippen molar-refractivity contribution in [1.29, 1.82) is 0 Å². The lowest BCUT2D eigenvalue weighted by Crippen LogP contribution is -2.14. The van der Waals surface area contributed by atoms with Gasteiger partial charge in [0, 0.05) is 30.9 Å². The van der Waals surface area contributed by atoms with Crippen molar-refractivity contribution >= 4 is 33.9 Å². The zero-order chi connectivity index (χ0) is 13.3. The minimum absolute atomic E-state index is 0.344. The van der Waals surface area contributed by atoms with Crippen molar-refractivity contribution < 1.29 is 0 Å². The first-order chi connectivity index (χ1) is 8.50. The Hall–Kier alpha value is -1.48. The van der Waals surface area contributed by atoms with Gasteiger partial charge < -0.3 is 10.2 Å². The molecule has 1 aromatic heterocycles. The largest absolute Gasteiger partial charge is 0.381 e. The number of halogens is 1. The maximum Gasteiger partial charge on any atom is 0.136 e. The quantitative estimate of drug-likeness (QED) is 0.914. The lowest BCUT2D eigenvalue weighted by atomic mass is 10.1. The van der Waals surface area contributed by atoms with Crippen LogP contribution in [-0.4, -0.2) is 25.1 Å². The molecule has 3 nitrogen and oxygen atoms in total. The van der Waals surface area contributed by atoms with Gasteiger partial charge in [-0.05, 0) is 19.9 Å². The summed E-state index contributed by atoms with van der Waals surface area (Å²) in [6, 6.07) is 6.26. The first kappa shape index (κ1) is 13.0. The van der Waals surface area contributed by atoms with Crippen molar-refractivity contribution in [3.8, 4) is 0 Å². The van der Waals surface area contributed by atoms with E-state index in [4.69, 9.17) is 11.6 Å². The second-order valence-corrected chi connectivity index (χ2v) is 5.26. The van der Waals surface area contributed by atoms with Gasteiger partial charge in [0.05, 0.1) is 16.9 Å². The van der Waals surface area contributed by atoms with Gasteiger partial charge in [-0.3, -0.25) is 0 Å². The van der Waals surface area contributed by atoms with Crippen LogP contribution in [-0.2, 0) is 0 Å². The highest BCUT2D eigenvalue weighted by atomic mass is 35.5. The van der Waals surface area contributed by atoms with E-state index in [1.54, 1.807) is 0 Å². The summed E-state index contributed by atoms with van der Waals surface area (Å²) in [5.41, 5.74) is 0.983. The third-order valence-corrected chi connectivity index (χ3v) is 3.02. The number of pyridine rings is 1. The fraction of sp³-hybridized carbons (Fsp3) is 0.357. The Morgan fingerprint density at radius 1 is 1.28 bits per heavy atom. The lowest BCUT2D eigenvalue weighted by molar-refractivity contribution is 0.899. The molecule has 2 aromatic rings. The Balaban J connectivity index is 2.72. The zero-order valence-electron chi connectivity index (χ0n) is 11.2. The molecule has 96 valence electrons. The molecule has 0 saturated carbocycles. The number of benzene rings is 1. The molecule has 4 heteroatoms. The number of nitrogens with zero attached hydrogens (tertiary/aromatic N) is 2. The molecule has 0 saturated heterocycles. The molecule has 0 amide bonds. The van der Waals surface area contributed by atoms with Crippen molar-refractivity contribution in [2.75, 3.05) is 24.3 Å². The van der Waals surface area contributed by atoms with Gasteiger partial charge in [0.25, 0.3) is 0 Å². The summed E-state index contributed by atoms with van der Waals surface area (Å²) in [5.74, 6) is 0.932. The molecule has 0 unspecified atom stereocenters. The fourth-order valence-electron chi connectivity index (χ4n) is 2.02. The molecule has 0 aliphatic rings. The van der Waals surface area contributed by atoms with Gasteiger partial charge in [0.2, 0.25) is 0 Å². The molecular weight excluding hydrogens is 246 g/mol. The van der Waals surface area contributed by atoms with Gasteiger partial charge in [-0.25, -0.2) is 4.98 Å². The normalized spacial score (nSPS) is 11.0. The summed E-state index contributed by atoms with van der Waals surface area (Å²) < 4.78 is 0. The molecule has 1 N–H and O–H groups in total. The average Bonchev–Trinajstić information content (AvgIpc) is 2.28. The third kappa shape index (κ3) is 2.36. The molecule has 0 aliphatic carbocycles. The van der Waals surface area contributed by atoms with E-state index in [9.17, 15) is 0 Å². The van der Waals surface area contributed by atoms with Crippen LogP contribution < -0.4 is 10.2 Å². The predicted octanol–water partition coefficient (Wildman–Crippen LogP) is 3.77. The third-order valence-electron chi connectivity index (χ3n) is 2.71. The van der Waals surface area contributed by atoms with Crippen molar-refractivity contribution in [1.82, 2.24) is 4.98 Å². The highest BCUT2D eigenvalue weighted by Crippen LogP contribution is 2.34. The van der Waals surface area contributed by atoms with Gasteiger partial charge in [-0.2, -0.15) is 0 Å². The van der Waals surface area contributed by atoms with Crippen LogP contribution in [0.1, 0.15) is 13.8 Å². The highest BCUT2D eigenvalue weighted by Gasteiger charge is 2.12. The lowest BCUT2D eigenvalue weighted by Gasteiger charge is -2.18. The molecular formula is C14H18ClN3. The summed E-state index contributed by atoms with van der Waals surface area (Å²) in [5, 5.41) is 6.24. The Labute approximate surface area is 113 Å². The Bertz CT molecular complexity index is 564. The minimum atomic E-state index is 0.344. The molecule has 1 heterocycles. The molecule has 0 aliphatic heterocycles. The van der Waals surface area contributed by atoms with Crippen LogP contribution in [0.3, 0.4) is 0 Å². The first-order valence-corrected chi connectivity index (χ1v) is 6.39. The summed E-state index contributed by atoms with van der Waals surface area (Å²) in [4.78, 5) is 6.50. The number of hydrogen-bond donors (Lipinski definition) is 1. The van der Waals surface area contributed by atoms with E-state index in [0.717, 1.165) is 27.3 Å². The number of hydrogen-bond acceptors (Lipinski definition) is 3. The summed E-state index contributed by atoms with van der Waals surface area (Å²) >= 11 is 6.34. The topological polar surface area (TPSA) is 28.2 Å². The fourth-order valence-corrected chi connectivity index (χ4v) is 2.30. The molecule has 2 rings (SSSR count). The van der Waals surface area contributed by atoms with E-state index in [2.05, 4.69) is 30.2 Å². The number of nitrogens with one attached hydrogen (secondary N) is 1. The minimum Gasteiger partial charge on any atom is -0.381 e. The van der Waals surface area contributed by atoms with Gasteiger partial charge in [0.15, 0.2) is 0 Å². The van der Waals surface area contributed by atoms with E-state index in [-0.39, 0.29) is 0 Å². The first-order valence-electron chi connectivity index (χ1n) is 6.01. The molecule has 0 spiro atoms. The van der Waals surface area contributed by atoms with Crippen LogP contribution in [0.4, 0.5) is 11.5 Å². The SMILES string of the molecule is CC(C)Nc1cnc(N(C)C)c2cccc(Cl)c12. The predicted molar refractivity (Wildman–Crippen MR) is 79.8 cm³/mol. The number of fused-ring (bicyclic) bond motifs is 1. The van der Waals surface area contributed by atoms with E-state index in [0.29, 0.717) is 6.04 Å². The van der Waals surface area contributed by atoms with Crippen LogP contribution in [0.25, 0.3) is 10.8 Å². The zero-order valence-corrected chi connectivity index (χ0v) is 11.9. The van der Waals surface area contributed by atoms with Crippen LogP contribution in [0.15, 0.2) is 24.4 Å². The Morgan fingerprint density at radius 3 is 2.61 bits per heavy atom. The molecule has 1 aromatic carbocycles. The van der Waals surface area contributed by atoms with Crippen LogP contribution in [0.2, 0.25) is 5.02 Å². The van der Waals surface area contributed by atoms with Gasteiger partial charge in [-0.15, -0.1) is 0 Å². The standard InChI is InChI=1S/C14H18ClN3/c1-9(2)17-12-8-16-14(18(3)4)10-6-5-7-11(15)13(10)12/h5-9,17H,1-4H3. The summed E-state index contributed by atoms with van der Waals surface area (Å²) in [6.45, 7) is 4.20. The number of rotatable bonds is 3. The summed E-state index contributed by atoms with van der Waals surface area (Å²) in [7, 11) is 3.97. The smallest absolute Gasteiger partial charge is 0.136 e. The second kappa shape index (κ2) is 5.02. The van der Waals surface area contributed by atoms with E-state index >= 15 is 0 Å². The van der Waals surface area contributed by atoms with Crippen LogP contribution >= 0.6 is 11.6 Å². The second-order valence-electron chi connectivity index (χ2n) is 4.85. The van der Waals surface area contributed by atoms with Gasteiger partial charge in [0.1, 0.15) is 5.82 Å². The summed E-state index contributed by atoms with van der Waals surface area (Å²) in [6.07, 6.45) is 1.85. The average molecular weight is 264 g/mol. The van der Waals surface area contributed by atoms with E-state index in [1.165, 1.54) is 0 Å². The maximum absolute atomic E-state index is 6.34. The molecule has 0 radical (unpaired) electrons. The van der Waals surface area contributed by atoms with Crippen molar-refractivity contribution in [2.45, 2.75) is 19.9 Å². The maximum atomic E-state index is 6.34.